The summed E-state index contributed by atoms with van der Waals surface area (Å²) in [6, 6.07) is 16.3. The Morgan fingerprint density at radius 3 is 2.55 bits per heavy atom. The molecule has 0 spiro atoms. The van der Waals surface area contributed by atoms with Gasteiger partial charge < -0.3 is 29.8 Å². The van der Waals surface area contributed by atoms with E-state index in [2.05, 4.69) is 15.5 Å². The van der Waals surface area contributed by atoms with Crippen LogP contribution in [-0.4, -0.2) is 42.2 Å². The van der Waals surface area contributed by atoms with Crippen LogP contribution >= 0.6 is 11.6 Å². The molecule has 6 rings (SSSR count). The van der Waals surface area contributed by atoms with Crippen LogP contribution in [0.15, 0.2) is 76.2 Å². The number of nitrogens with two attached hydrogens (primary N) is 1. The van der Waals surface area contributed by atoms with E-state index in [9.17, 15) is 24.3 Å². The second-order valence-corrected chi connectivity index (χ2v) is 10.4. The van der Waals surface area contributed by atoms with Gasteiger partial charge in [0.2, 0.25) is 23.5 Å². The number of carbonyl (C=O) groups is 3. The summed E-state index contributed by atoms with van der Waals surface area (Å²) in [7, 11) is 0. The van der Waals surface area contributed by atoms with E-state index in [1.54, 1.807) is 6.92 Å². The number of primary amides is 1. The number of hydrogen-bond acceptors (Lipinski definition) is 7. The Hall–Kier alpha value is -5.23. The van der Waals surface area contributed by atoms with Crippen LogP contribution in [0.25, 0.3) is 28.1 Å². The number of pyridine rings is 1. The zero-order valence-electron chi connectivity index (χ0n) is 22.1. The SMILES string of the molecule is Cc1nc(-c2c(Cl)c3ccccc3n2-c2ccc(CNC(=O)C3(C(N)=O)CC3n3cc(C(=O)O)ccc3=O)cc2)no1. The number of aromatic carboxylic acids is 1. The molecule has 5 aromatic rings. The molecular formula is C29H23ClN6O6. The van der Waals surface area contributed by atoms with Crippen molar-refractivity contribution in [3.63, 3.8) is 0 Å². The Bertz CT molecular complexity index is 1960. The maximum atomic E-state index is 13.2. The molecule has 2 atom stereocenters. The Kier molecular flexibility index (Phi) is 6.42. The van der Waals surface area contributed by atoms with E-state index in [0.29, 0.717) is 22.4 Å². The zero-order chi connectivity index (χ0) is 29.8. The maximum Gasteiger partial charge on any atom is 0.337 e. The van der Waals surface area contributed by atoms with Crippen molar-refractivity contribution in [1.82, 2.24) is 24.6 Å². The van der Waals surface area contributed by atoms with E-state index < -0.39 is 34.8 Å². The summed E-state index contributed by atoms with van der Waals surface area (Å²) in [5.41, 5.74) is 6.17. The molecule has 0 aliphatic heterocycles. The lowest BCUT2D eigenvalue weighted by molar-refractivity contribution is -0.136. The molecule has 2 amide bonds. The van der Waals surface area contributed by atoms with E-state index in [0.717, 1.165) is 45.1 Å². The minimum Gasteiger partial charge on any atom is -0.478 e. The first kappa shape index (κ1) is 27.0. The van der Waals surface area contributed by atoms with Crippen molar-refractivity contribution in [2.24, 2.45) is 11.1 Å². The number of hydrogen-bond donors (Lipinski definition) is 3. The first-order chi connectivity index (χ1) is 20.1. The Morgan fingerprint density at radius 1 is 1.14 bits per heavy atom. The van der Waals surface area contributed by atoms with Crippen molar-refractivity contribution in [2.75, 3.05) is 0 Å². The third-order valence-electron chi connectivity index (χ3n) is 7.49. The number of carboxylic acid groups (broad SMARTS) is 1. The molecule has 3 heterocycles. The van der Waals surface area contributed by atoms with Gasteiger partial charge in [-0.2, -0.15) is 4.98 Å². The Morgan fingerprint density at radius 2 is 1.88 bits per heavy atom. The summed E-state index contributed by atoms with van der Waals surface area (Å²) >= 11 is 6.76. The fraction of sp³-hybridized carbons (Fsp3) is 0.172. The van der Waals surface area contributed by atoms with Crippen LogP contribution in [0.3, 0.4) is 0 Å². The number of benzene rings is 2. The summed E-state index contributed by atoms with van der Waals surface area (Å²) in [6.45, 7) is 1.77. The second kappa shape index (κ2) is 10.00. The van der Waals surface area contributed by atoms with E-state index in [4.69, 9.17) is 21.9 Å². The first-order valence-electron chi connectivity index (χ1n) is 12.8. The molecule has 13 heteroatoms. The van der Waals surface area contributed by atoms with Crippen molar-refractivity contribution in [2.45, 2.75) is 25.9 Å². The summed E-state index contributed by atoms with van der Waals surface area (Å²) in [4.78, 5) is 53.7. The molecule has 4 N–H and O–H groups in total. The van der Waals surface area contributed by atoms with Gasteiger partial charge in [-0.15, -0.1) is 0 Å². The van der Waals surface area contributed by atoms with Gasteiger partial charge in [0.1, 0.15) is 11.1 Å². The Balaban J connectivity index is 1.25. The van der Waals surface area contributed by atoms with Gasteiger partial charge in [-0.05, 0) is 36.2 Å². The molecule has 1 aliphatic carbocycles. The van der Waals surface area contributed by atoms with Crippen molar-refractivity contribution in [1.29, 1.82) is 0 Å². The van der Waals surface area contributed by atoms with Gasteiger partial charge in [-0.25, -0.2) is 4.79 Å². The fourth-order valence-electron chi connectivity index (χ4n) is 5.24. The van der Waals surface area contributed by atoms with Gasteiger partial charge in [0, 0.05) is 36.8 Å². The number of nitrogens with zero attached hydrogens (tertiary/aromatic N) is 4. The number of carbonyl (C=O) groups excluding carboxylic acids is 2. The average molecular weight is 587 g/mol. The summed E-state index contributed by atoms with van der Waals surface area (Å²) in [6.07, 6.45) is 1.10. The lowest BCUT2D eigenvalue weighted by Crippen LogP contribution is -2.42. The lowest BCUT2D eigenvalue weighted by Gasteiger charge is -2.16. The van der Waals surface area contributed by atoms with E-state index in [1.165, 1.54) is 0 Å². The molecule has 3 aromatic heterocycles. The lowest BCUT2D eigenvalue weighted by atomic mass is 10.0. The predicted molar refractivity (Wildman–Crippen MR) is 151 cm³/mol. The number of para-hydroxylation sites is 1. The van der Waals surface area contributed by atoms with Crippen molar-refractivity contribution in [3.8, 4) is 17.2 Å². The van der Waals surface area contributed by atoms with Gasteiger partial charge in [-0.1, -0.05) is 47.1 Å². The summed E-state index contributed by atoms with van der Waals surface area (Å²) in [5.74, 6) is -2.04. The highest BCUT2D eigenvalue weighted by Gasteiger charge is 2.66. The fourth-order valence-corrected chi connectivity index (χ4v) is 5.57. The standard InChI is InChI=1S/C29H23ClN6O6/c1-15-33-25(34-42-15)24-23(30)19-4-2-3-5-20(19)36(24)18-9-6-16(7-10-18)13-32-28(41)29(27(31)40)12-21(29)35-14-17(26(38)39)8-11-22(35)37/h2-11,14,21H,12-13H2,1H3,(H2,31,40)(H,32,41)(H,38,39). The molecule has 0 radical (unpaired) electrons. The largest absolute Gasteiger partial charge is 0.478 e. The molecule has 12 nitrogen and oxygen atoms in total. The smallest absolute Gasteiger partial charge is 0.337 e. The highest BCUT2D eigenvalue weighted by molar-refractivity contribution is 6.38. The molecule has 212 valence electrons. The number of rotatable bonds is 8. The van der Waals surface area contributed by atoms with Gasteiger partial charge in [0.25, 0.3) is 5.56 Å². The zero-order valence-corrected chi connectivity index (χ0v) is 22.8. The van der Waals surface area contributed by atoms with E-state index in [1.807, 2.05) is 53.1 Å². The number of aromatic nitrogens is 4. The third-order valence-corrected chi connectivity index (χ3v) is 7.87. The van der Waals surface area contributed by atoms with Crippen molar-refractivity contribution >= 4 is 40.3 Å². The van der Waals surface area contributed by atoms with Gasteiger partial charge >= 0.3 is 5.97 Å². The number of amides is 2. The monoisotopic (exact) mass is 586 g/mol. The maximum absolute atomic E-state index is 13.2. The van der Waals surface area contributed by atoms with Crippen molar-refractivity contribution in [3.05, 3.63) is 99.3 Å². The van der Waals surface area contributed by atoms with Crippen LogP contribution in [0.1, 0.15) is 34.3 Å². The highest BCUT2D eigenvalue weighted by atomic mass is 35.5. The van der Waals surface area contributed by atoms with Gasteiger partial charge in [-0.3, -0.25) is 14.4 Å². The van der Waals surface area contributed by atoms with Crippen LogP contribution in [0, 0.1) is 12.3 Å². The second-order valence-electron chi connectivity index (χ2n) is 10.0. The highest BCUT2D eigenvalue weighted by Crippen LogP contribution is 2.56. The minimum atomic E-state index is -1.67. The van der Waals surface area contributed by atoms with Gasteiger partial charge in [0.15, 0.2) is 0 Å². The quantitative estimate of drug-likeness (QED) is 0.232. The van der Waals surface area contributed by atoms with Crippen LogP contribution < -0.4 is 16.6 Å². The number of fused-ring (bicyclic) bond motifs is 1. The molecule has 2 aromatic carbocycles. The first-order valence-corrected chi connectivity index (χ1v) is 13.2. The molecule has 42 heavy (non-hydrogen) atoms. The predicted octanol–water partition coefficient (Wildman–Crippen LogP) is 3.24. The van der Waals surface area contributed by atoms with Crippen LogP contribution in [0.4, 0.5) is 0 Å². The van der Waals surface area contributed by atoms with Crippen LogP contribution in [0.5, 0.6) is 0 Å². The summed E-state index contributed by atoms with van der Waals surface area (Å²) < 4.78 is 8.19. The molecule has 2 unspecified atom stereocenters. The van der Waals surface area contributed by atoms with Crippen LogP contribution in [0.2, 0.25) is 5.02 Å². The summed E-state index contributed by atoms with van der Waals surface area (Å²) in [5, 5.41) is 17.4. The van der Waals surface area contributed by atoms with Crippen molar-refractivity contribution < 1.29 is 24.0 Å². The number of halogens is 1. The molecular weight excluding hydrogens is 564 g/mol. The van der Waals surface area contributed by atoms with Crippen LogP contribution in [-0.2, 0) is 16.1 Å². The molecule has 1 aliphatic rings. The topological polar surface area (TPSA) is 175 Å². The van der Waals surface area contributed by atoms with E-state index >= 15 is 0 Å². The molecule has 0 saturated heterocycles. The minimum absolute atomic E-state index is 0.0180. The normalized spacial score (nSPS) is 17.7. The van der Waals surface area contributed by atoms with E-state index in [-0.39, 0.29) is 18.5 Å². The average Bonchev–Trinajstić information content (AvgIpc) is 3.50. The van der Waals surface area contributed by atoms with Gasteiger partial charge in [0.05, 0.1) is 22.1 Å². The number of carboxylic acids is 1. The Labute approximate surface area is 242 Å². The number of nitrogens with one attached hydrogen (secondary N) is 1. The number of aryl methyl sites for hydroxylation is 1. The third kappa shape index (κ3) is 4.32. The molecule has 1 fully saturated rings. The molecule has 1 saturated carbocycles. The molecule has 0 bridgehead atoms.